The van der Waals surface area contributed by atoms with E-state index in [2.05, 4.69) is 20.0 Å². The van der Waals surface area contributed by atoms with Crippen molar-refractivity contribution >= 4 is 38.3 Å². The molecule has 150 valence electrons. The topological polar surface area (TPSA) is 147 Å². The molecular formula is C18H17N5O4S2. The molecule has 0 aliphatic heterocycles. The van der Waals surface area contributed by atoms with Gasteiger partial charge in [0.1, 0.15) is 5.69 Å². The highest BCUT2D eigenvalue weighted by atomic mass is 32.2. The smallest absolute Gasteiger partial charge is 0.265 e. The highest BCUT2D eigenvalue weighted by molar-refractivity contribution is 7.89. The molecule has 3 aromatic rings. The van der Waals surface area contributed by atoms with Gasteiger partial charge < -0.3 is 10.7 Å². The second kappa shape index (κ2) is 7.43. The standard InChI is InChI=1S/C18H17N5O4S2/c19-16(24)14-7-11(8-20-14)15-9-28-18(21-15)22-17(25)10-2-1-3-13(6-10)29(26,27)23-12-4-5-12/h1-3,6-9,12,20,23H,4-5H2,(H2,19,24)(H,21,22,25). The van der Waals surface area contributed by atoms with E-state index < -0.39 is 21.8 Å². The Morgan fingerprint density at radius 3 is 2.72 bits per heavy atom. The number of sulfonamides is 1. The third kappa shape index (κ3) is 4.36. The second-order valence-electron chi connectivity index (χ2n) is 6.58. The number of carbonyl (C=O) groups excluding carboxylic acids is 2. The van der Waals surface area contributed by atoms with E-state index in [0.717, 1.165) is 12.8 Å². The van der Waals surface area contributed by atoms with Crippen molar-refractivity contribution in [1.29, 1.82) is 0 Å². The van der Waals surface area contributed by atoms with Crippen LogP contribution >= 0.6 is 11.3 Å². The van der Waals surface area contributed by atoms with Gasteiger partial charge in [0.05, 0.1) is 10.6 Å². The first-order valence-electron chi connectivity index (χ1n) is 8.70. The Hall–Kier alpha value is -3.02. The number of thiazole rings is 1. The van der Waals surface area contributed by atoms with Gasteiger partial charge in [-0.2, -0.15) is 0 Å². The van der Waals surface area contributed by atoms with Gasteiger partial charge in [0, 0.05) is 28.7 Å². The molecule has 11 heteroatoms. The summed E-state index contributed by atoms with van der Waals surface area (Å²) in [5, 5.41) is 4.73. The lowest BCUT2D eigenvalue weighted by atomic mass is 10.2. The zero-order valence-corrected chi connectivity index (χ0v) is 16.6. The highest BCUT2D eigenvalue weighted by Gasteiger charge is 2.28. The minimum absolute atomic E-state index is 0.0188. The van der Waals surface area contributed by atoms with Crippen LogP contribution in [0.5, 0.6) is 0 Å². The van der Waals surface area contributed by atoms with Gasteiger partial charge in [0.25, 0.3) is 11.8 Å². The number of hydrogen-bond acceptors (Lipinski definition) is 6. The molecule has 0 bridgehead atoms. The number of aromatic amines is 1. The maximum atomic E-state index is 12.5. The van der Waals surface area contributed by atoms with Gasteiger partial charge in [-0.3, -0.25) is 14.9 Å². The van der Waals surface area contributed by atoms with Gasteiger partial charge >= 0.3 is 0 Å². The Morgan fingerprint density at radius 2 is 2.03 bits per heavy atom. The summed E-state index contributed by atoms with van der Waals surface area (Å²) in [5.41, 5.74) is 6.92. The van der Waals surface area contributed by atoms with Gasteiger partial charge in [-0.05, 0) is 37.1 Å². The van der Waals surface area contributed by atoms with E-state index >= 15 is 0 Å². The Morgan fingerprint density at radius 1 is 1.24 bits per heavy atom. The molecule has 0 unspecified atom stereocenters. The molecule has 5 N–H and O–H groups in total. The van der Waals surface area contributed by atoms with Crippen LogP contribution in [0.1, 0.15) is 33.7 Å². The maximum Gasteiger partial charge on any atom is 0.265 e. The minimum atomic E-state index is -3.65. The number of hydrogen-bond donors (Lipinski definition) is 4. The van der Waals surface area contributed by atoms with Gasteiger partial charge in [-0.1, -0.05) is 6.07 Å². The third-order valence-electron chi connectivity index (χ3n) is 4.27. The second-order valence-corrected chi connectivity index (χ2v) is 9.15. The van der Waals surface area contributed by atoms with E-state index in [4.69, 9.17) is 5.73 Å². The summed E-state index contributed by atoms with van der Waals surface area (Å²) >= 11 is 1.21. The van der Waals surface area contributed by atoms with Crippen molar-refractivity contribution in [1.82, 2.24) is 14.7 Å². The van der Waals surface area contributed by atoms with Crippen molar-refractivity contribution in [2.45, 2.75) is 23.8 Å². The van der Waals surface area contributed by atoms with Crippen molar-refractivity contribution in [3.05, 3.63) is 53.2 Å². The third-order valence-corrected chi connectivity index (χ3v) is 6.55. The van der Waals surface area contributed by atoms with Crippen LogP contribution in [0.15, 0.2) is 46.8 Å². The van der Waals surface area contributed by atoms with Crippen LogP contribution in [0.2, 0.25) is 0 Å². The molecule has 0 saturated heterocycles. The zero-order chi connectivity index (χ0) is 20.6. The van der Waals surface area contributed by atoms with E-state index in [1.807, 2.05) is 0 Å². The highest BCUT2D eigenvalue weighted by Crippen LogP contribution is 2.26. The van der Waals surface area contributed by atoms with E-state index in [0.29, 0.717) is 16.4 Å². The predicted molar refractivity (Wildman–Crippen MR) is 108 cm³/mol. The number of nitrogens with zero attached hydrogens (tertiary/aromatic N) is 1. The van der Waals surface area contributed by atoms with Crippen LogP contribution in [0.4, 0.5) is 5.13 Å². The first-order valence-corrected chi connectivity index (χ1v) is 11.1. The van der Waals surface area contributed by atoms with Crippen LogP contribution in [0, 0.1) is 0 Å². The van der Waals surface area contributed by atoms with Crippen molar-refractivity contribution in [3.8, 4) is 11.3 Å². The molecule has 1 aliphatic carbocycles. The molecule has 0 spiro atoms. The lowest BCUT2D eigenvalue weighted by Gasteiger charge is -2.07. The molecule has 2 aromatic heterocycles. The molecule has 1 aliphatic rings. The average molecular weight is 431 g/mol. The molecule has 1 saturated carbocycles. The fraction of sp³-hybridized carbons (Fsp3) is 0.167. The summed E-state index contributed by atoms with van der Waals surface area (Å²) in [6.45, 7) is 0. The number of nitrogens with two attached hydrogens (primary N) is 1. The van der Waals surface area contributed by atoms with Crippen molar-refractivity contribution in [3.63, 3.8) is 0 Å². The molecule has 2 amide bonds. The first kappa shape index (κ1) is 19.3. The van der Waals surface area contributed by atoms with Crippen molar-refractivity contribution in [2.24, 2.45) is 5.73 Å². The number of rotatable bonds is 7. The Kier molecular flexibility index (Phi) is 4.94. The number of amides is 2. The molecule has 9 nitrogen and oxygen atoms in total. The van der Waals surface area contributed by atoms with E-state index in [-0.39, 0.29) is 22.2 Å². The predicted octanol–water partition coefficient (Wildman–Crippen LogP) is 1.93. The number of benzene rings is 1. The Bertz CT molecular complexity index is 1190. The molecule has 29 heavy (non-hydrogen) atoms. The van der Waals surface area contributed by atoms with E-state index in [9.17, 15) is 18.0 Å². The normalized spacial score (nSPS) is 13.9. The van der Waals surface area contributed by atoms with Crippen LogP contribution in [-0.2, 0) is 10.0 Å². The summed E-state index contributed by atoms with van der Waals surface area (Å²) in [6.07, 6.45) is 3.25. The van der Waals surface area contributed by atoms with E-state index in [1.165, 1.54) is 35.6 Å². The monoisotopic (exact) mass is 431 g/mol. The minimum Gasteiger partial charge on any atom is -0.364 e. The number of anilines is 1. The number of carbonyl (C=O) groups is 2. The quantitative estimate of drug-likeness (QED) is 0.451. The molecule has 2 heterocycles. The molecular weight excluding hydrogens is 414 g/mol. The lowest BCUT2D eigenvalue weighted by molar-refractivity contribution is 0.0994. The van der Waals surface area contributed by atoms with Gasteiger partial charge in [-0.15, -0.1) is 11.3 Å². The number of H-pyrrole nitrogens is 1. The summed E-state index contributed by atoms with van der Waals surface area (Å²) in [6, 6.07) is 7.39. The van der Waals surface area contributed by atoms with Crippen LogP contribution in [0.3, 0.4) is 0 Å². The lowest BCUT2D eigenvalue weighted by Crippen LogP contribution is -2.26. The Balaban J connectivity index is 1.49. The van der Waals surface area contributed by atoms with Crippen molar-refractivity contribution in [2.75, 3.05) is 5.32 Å². The fourth-order valence-electron chi connectivity index (χ4n) is 2.61. The van der Waals surface area contributed by atoms with Crippen LogP contribution in [-0.4, -0.2) is 36.2 Å². The van der Waals surface area contributed by atoms with Crippen molar-refractivity contribution < 1.29 is 18.0 Å². The summed E-state index contributed by atoms with van der Waals surface area (Å²) in [4.78, 5) is 30.8. The SMILES string of the molecule is NC(=O)c1cc(-c2csc(NC(=O)c3cccc(S(=O)(=O)NC4CC4)c3)n2)c[nH]1. The maximum absolute atomic E-state index is 12.5. The van der Waals surface area contributed by atoms with E-state index in [1.54, 1.807) is 17.6 Å². The fourth-order valence-corrected chi connectivity index (χ4v) is 4.68. The zero-order valence-electron chi connectivity index (χ0n) is 15.0. The summed E-state index contributed by atoms with van der Waals surface area (Å²) in [5.74, 6) is -1.05. The van der Waals surface area contributed by atoms with Gasteiger partial charge in [-0.25, -0.2) is 18.1 Å². The number of aromatic nitrogens is 2. The molecule has 1 aromatic carbocycles. The van der Waals surface area contributed by atoms with Gasteiger partial charge in [0.2, 0.25) is 10.0 Å². The Labute approximate surface area is 170 Å². The largest absolute Gasteiger partial charge is 0.364 e. The molecule has 0 radical (unpaired) electrons. The number of primary amides is 1. The molecule has 4 rings (SSSR count). The summed E-state index contributed by atoms with van der Waals surface area (Å²) in [7, 11) is -3.65. The van der Waals surface area contributed by atoms with Crippen LogP contribution in [0.25, 0.3) is 11.3 Å². The first-order chi connectivity index (χ1) is 13.8. The number of nitrogens with one attached hydrogen (secondary N) is 3. The van der Waals surface area contributed by atoms with Crippen LogP contribution < -0.4 is 15.8 Å². The average Bonchev–Trinajstić information content (AvgIpc) is 3.17. The summed E-state index contributed by atoms with van der Waals surface area (Å²) < 4.78 is 27.3. The van der Waals surface area contributed by atoms with Gasteiger partial charge in [0.15, 0.2) is 5.13 Å². The molecule has 0 atom stereocenters. The molecule has 1 fully saturated rings.